The third-order valence-corrected chi connectivity index (χ3v) is 15.1. The van der Waals surface area contributed by atoms with Gasteiger partial charge in [0.1, 0.15) is 5.58 Å². The fraction of sp³-hybridized carbons (Fsp3) is 0.0455. The molecule has 0 aliphatic heterocycles. The molecule has 14 aromatic rings. The standard InChI is InChI=1S/C66H43N5O/c1-40-15-5-9-21-48(40)42-27-29-43(30-28-42)64-67-65(46-32-33-51-50-23-11-13-25-56(50)70(58(51)39-46)47-19-3-2-4-20-47)69-66(68-64)54-35-36-57(63-61(54)53-24-12-14-26-60(53)72-63)71-59-38-45-18-7-6-17-44(45)37-55(59)52-34-31-41-16-8-10-22-49(41)62(52)71/h2-40,48H,1H3. The van der Waals surface area contributed by atoms with Gasteiger partial charge in [-0.1, -0.05) is 183 Å². The molecule has 4 heterocycles. The fourth-order valence-corrected chi connectivity index (χ4v) is 11.6. The van der Waals surface area contributed by atoms with Gasteiger partial charge in [-0.3, -0.25) is 0 Å². The molecular formula is C66H43N5O. The summed E-state index contributed by atoms with van der Waals surface area (Å²) in [7, 11) is 0. The first-order valence-electron chi connectivity index (χ1n) is 24.7. The van der Waals surface area contributed by atoms with Crippen LogP contribution in [0.25, 0.3) is 133 Å². The van der Waals surface area contributed by atoms with Crippen LogP contribution in [0.4, 0.5) is 0 Å². The predicted octanol–water partition coefficient (Wildman–Crippen LogP) is 17.1. The summed E-state index contributed by atoms with van der Waals surface area (Å²) in [6.45, 7) is 2.27. The first-order valence-corrected chi connectivity index (χ1v) is 24.7. The van der Waals surface area contributed by atoms with Crippen molar-refractivity contribution in [1.29, 1.82) is 0 Å². The summed E-state index contributed by atoms with van der Waals surface area (Å²) in [5, 5.41) is 11.4. The fourth-order valence-electron chi connectivity index (χ4n) is 11.6. The van der Waals surface area contributed by atoms with Crippen molar-refractivity contribution < 1.29 is 4.42 Å². The van der Waals surface area contributed by atoms with E-state index in [9.17, 15) is 0 Å². The topological polar surface area (TPSA) is 61.7 Å². The lowest BCUT2D eigenvalue weighted by Crippen LogP contribution is -2.07. The van der Waals surface area contributed by atoms with Gasteiger partial charge < -0.3 is 13.6 Å². The summed E-state index contributed by atoms with van der Waals surface area (Å²) >= 11 is 0. The van der Waals surface area contributed by atoms with Gasteiger partial charge in [0.05, 0.1) is 27.8 Å². The van der Waals surface area contributed by atoms with E-state index in [4.69, 9.17) is 19.4 Å². The summed E-state index contributed by atoms with van der Waals surface area (Å²) in [4.78, 5) is 16.2. The number of nitrogens with zero attached hydrogens (tertiary/aromatic N) is 5. The lowest BCUT2D eigenvalue weighted by atomic mass is 9.84. The molecule has 0 radical (unpaired) electrons. The van der Waals surface area contributed by atoms with E-state index in [2.05, 4.69) is 241 Å². The molecular weight excluding hydrogens is 879 g/mol. The second kappa shape index (κ2) is 15.8. The average molecular weight is 922 g/mol. The third kappa shape index (κ3) is 6.18. The van der Waals surface area contributed by atoms with Gasteiger partial charge in [-0.15, -0.1) is 0 Å². The maximum Gasteiger partial charge on any atom is 0.164 e. The SMILES string of the molecule is CC1C=CC=CC1c1ccc(-c2nc(-c3ccc4c5ccccc5n(-c5ccccc5)c4c3)nc(-c3ccc(-n4c5cc6ccccc6cc5c5ccc6ccccc6c54)c4oc5ccccc5c34)n2)cc1. The lowest BCUT2D eigenvalue weighted by molar-refractivity contribution is 0.635. The second-order valence-corrected chi connectivity index (χ2v) is 19.2. The molecule has 2 atom stereocenters. The Morgan fingerprint density at radius 3 is 1.90 bits per heavy atom. The monoisotopic (exact) mass is 921 g/mol. The molecule has 338 valence electrons. The van der Waals surface area contributed by atoms with E-state index in [1.165, 1.54) is 43.3 Å². The molecule has 10 aromatic carbocycles. The highest BCUT2D eigenvalue weighted by molar-refractivity contribution is 6.22. The van der Waals surface area contributed by atoms with Gasteiger partial charge in [0.15, 0.2) is 23.1 Å². The Kier molecular flexibility index (Phi) is 8.90. The summed E-state index contributed by atoms with van der Waals surface area (Å²) in [6, 6.07) is 73.8. The van der Waals surface area contributed by atoms with Crippen LogP contribution in [0.3, 0.4) is 0 Å². The van der Waals surface area contributed by atoms with Crippen LogP contribution in [0.2, 0.25) is 0 Å². The summed E-state index contributed by atoms with van der Waals surface area (Å²) < 4.78 is 11.9. The molecule has 0 saturated heterocycles. The van der Waals surface area contributed by atoms with Crippen LogP contribution in [0.1, 0.15) is 18.4 Å². The van der Waals surface area contributed by atoms with Crippen molar-refractivity contribution in [2.75, 3.05) is 0 Å². The molecule has 1 aliphatic carbocycles. The van der Waals surface area contributed by atoms with Gasteiger partial charge in [-0.25, -0.2) is 15.0 Å². The van der Waals surface area contributed by atoms with Crippen LogP contribution < -0.4 is 0 Å². The third-order valence-electron chi connectivity index (χ3n) is 15.1. The molecule has 0 saturated carbocycles. The highest BCUT2D eigenvalue weighted by Crippen LogP contribution is 2.45. The molecule has 6 heteroatoms. The Balaban J connectivity index is 0.992. The van der Waals surface area contributed by atoms with E-state index >= 15 is 0 Å². The smallest absolute Gasteiger partial charge is 0.164 e. The number of allylic oxidation sites excluding steroid dienone is 4. The normalized spacial score (nSPS) is 14.9. The van der Waals surface area contributed by atoms with Crippen LogP contribution in [-0.2, 0) is 0 Å². The molecule has 0 N–H and O–H groups in total. The Labute approximate surface area is 414 Å². The van der Waals surface area contributed by atoms with Crippen LogP contribution in [0.5, 0.6) is 0 Å². The molecule has 0 amide bonds. The van der Waals surface area contributed by atoms with Gasteiger partial charge in [-0.05, 0) is 82.2 Å². The quantitative estimate of drug-likeness (QED) is 0.167. The van der Waals surface area contributed by atoms with Crippen molar-refractivity contribution in [2.45, 2.75) is 12.8 Å². The number of benzene rings is 10. The molecule has 0 bridgehead atoms. The van der Waals surface area contributed by atoms with E-state index in [1.807, 2.05) is 6.07 Å². The highest BCUT2D eigenvalue weighted by Gasteiger charge is 2.25. The zero-order chi connectivity index (χ0) is 47.4. The summed E-state index contributed by atoms with van der Waals surface area (Å²) in [6.07, 6.45) is 8.85. The van der Waals surface area contributed by atoms with Crippen LogP contribution in [0, 0.1) is 5.92 Å². The number of aromatic nitrogens is 5. The molecule has 0 spiro atoms. The van der Waals surface area contributed by atoms with E-state index < -0.39 is 0 Å². The van der Waals surface area contributed by atoms with E-state index in [1.54, 1.807) is 0 Å². The molecule has 6 nitrogen and oxygen atoms in total. The zero-order valence-electron chi connectivity index (χ0n) is 39.2. The Morgan fingerprint density at radius 1 is 0.431 bits per heavy atom. The van der Waals surface area contributed by atoms with Gasteiger partial charge >= 0.3 is 0 Å². The number of para-hydroxylation sites is 3. The van der Waals surface area contributed by atoms with Crippen LogP contribution >= 0.6 is 0 Å². The van der Waals surface area contributed by atoms with Gasteiger partial charge in [0, 0.05) is 66.0 Å². The first-order chi connectivity index (χ1) is 35.6. The molecule has 72 heavy (non-hydrogen) atoms. The van der Waals surface area contributed by atoms with Crippen molar-refractivity contribution in [3.8, 4) is 45.5 Å². The number of rotatable bonds is 6. The van der Waals surface area contributed by atoms with Crippen molar-refractivity contribution in [1.82, 2.24) is 24.1 Å². The van der Waals surface area contributed by atoms with Crippen molar-refractivity contribution in [2.24, 2.45) is 5.92 Å². The highest BCUT2D eigenvalue weighted by atomic mass is 16.3. The van der Waals surface area contributed by atoms with Gasteiger partial charge in [0.25, 0.3) is 0 Å². The summed E-state index contributed by atoms with van der Waals surface area (Å²) in [5.41, 5.74) is 12.0. The van der Waals surface area contributed by atoms with Crippen LogP contribution in [-0.4, -0.2) is 24.1 Å². The van der Waals surface area contributed by atoms with Crippen molar-refractivity contribution >= 4 is 87.1 Å². The molecule has 1 aliphatic rings. The molecule has 4 aromatic heterocycles. The largest absolute Gasteiger partial charge is 0.454 e. The minimum absolute atomic E-state index is 0.295. The zero-order valence-corrected chi connectivity index (χ0v) is 39.2. The van der Waals surface area contributed by atoms with Gasteiger partial charge in [-0.2, -0.15) is 0 Å². The second-order valence-electron chi connectivity index (χ2n) is 19.2. The Bertz CT molecular complexity index is 4590. The lowest BCUT2D eigenvalue weighted by Gasteiger charge is -2.21. The van der Waals surface area contributed by atoms with Crippen LogP contribution in [0.15, 0.2) is 235 Å². The predicted molar refractivity (Wildman–Crippen MR) is 297 cm³/mol. The van der Waals surface area contributed by atoms with Crippen molar-refractivity contribution in [3.05, 3.63) is 236 Å². The van der Waals surface area contributed by atoms with E-state index in [0.29, 0.717) is 29.3 Å². The summed E-state index contributed by atoms with van der Waals surface area (Å²) in [5.74, 6) is 2.45. The molecule has 15 rings (SSSR count). The number of furan rings is 1. The maximum absolute atomic E-state index is 7.10. The Morgan fingerprint density at radius 2 is 1.07 bits per heavy atom. The molecule has 2 unspecified atom stereocenters. The minimum Gasteiger partial charge on any atom is -0.454 e. The average Bonchev–Trinajstić information content (AvgIpc) is 4.10. The first kappa shape index (κ1) is 40.5. The van der Waals surface area contributed by atoms with Crippen molar-refractivity contribution in [3.63, 3.8) is 0 Å². The maximum atomic E-state index is 7.10. The number of hydrogen-bond donors (Lipinski definition) is 0. The van der Waals surface area contributed by atoms with Gasteiger partial charge in [0.2, 0.25) is 0 Å². The van der Waals surface area contributed by atoms with E-state index in [-0.39, 0.29) is 0 Å². The molecule has 0 fully saturated rings. The number of hydrogen-bond acceptors (Lipinski definition) is 4. The minimum atomic E-state index is 0.295. The van der Waals surface area contributed by atoms with E-state index in [0.717, 1.165) is 77.5 Å². The number of fused-ring (bicyclic) bond motifs is 12. The Hall–Kier alpha value is -9.39.